The van der Waals surface area contributed by atoms with Crippen LogP contribution in [0.4, 0.5) is 0 Å². The highest BCUT2D eigenvalue weighted by molar-refractivity contribution is 8.67. The second-order valence-electron chi connectivity index (χ2n) is 4.33. The molecule has 5 heteroatoms. The van der Waals surface area contributed by atoms with Crippen molar-refractivity contribution in [3.63, 3.8) is 0 Å². The van der Waals surface area contributed by atoms with Gasteiger partial charge in [0.1, 0.15) is 0 Å². The van der Waals surface area contributed by atoms with E-state index in [1.807, 2.05) is 13.8 Å². The van der Waals surface area contributed by atoms with Crippen LogP contribution in [0.3, 0.4) is 0 Å². The van der Waals surface area contributed by atoms with Crippen LogP contribution in [0.2, 0.25) is 0 Å². The van der Waals surface area contributed by atoms with Crippen LogP contribution in [-0.4, -0.2) is 16.8 Å². The molecule has 0 aromatic rings. The largest absolute Gasteiger partial charge is 0.337 e. The first kappa shape index (κ1) is 16.9. The maximum absolute atomic E-state index is 9.92. The molecule has 2 atom stereocenters. The van der Waals surface area contributed by atoms with Crippen LogP contribution in [0.5, 0.6) is 0 Å². The fraction of sp³-hybridized carbons (Fsp3) is 1.00. The third kappa shape index (κ3) is 9.00. The topological polar surface area (TPSA) is 29.5 Å². The zero-order valence-electron chi connectivity index (χ0n) is 10.8. The first-order chi connectivity index (χ1) is 7.41. The lowest BCUT2D eigenvalue weighted by Crippen LogP contribution is -2.07. The van der Waals surface area contributed by atoms with Crippen LogP contribution in [0, 0.1) is 5.92 Å². The lowest BCUT2D eigenvalue weighted by molar-refractivity contribution is 0.238. The molecule has 0 saturated heterocycles. The summed E-state index contributed by atoms with van der Waals surface area (Å²) in [7, 11) is 0. The van der Waals surface area contributed by atoms with Gasteiger partial charge in [-0.2, -0.15) is 0 Å². The number of hydrogen-bond donors (Lipinski definition) is 1. The first-order valence-electron chi connectivity index (χ1n) is 6.07. The Labute approximate surface area is 109 Å². The third-order valence-electron chi connectivity index (χ3n) is 2.36. The molecular formula is C11H25O2PS2. The summed E-state index contributed by atoms with van der Waals surface area (Å²) in [5.74, 6) is 0.544. The van der Waals surface area contributed by atoms with Crippen LogP contribution < -0.4 is 0 Å². The summed E-state index contributed by atoms with van der Waals surface area (Å²) in [5.41, 5.74) is -2.60. The van der Waals surface area contributed by atoms with E-state index in [1.165, 1.54) is 30.6 Å². The van der Waals surface area contributed by atoms with Crippen molar-refractivity contribution in [2.24, 2.45) is 5.92 Å². The van der Waals surface area contributed by atoms with Crippen LogP contribution >= 0.6 is 17.1 Å². The molecule has 1 N–H and O–H groups in total. The van der Waals surface area contributed by atoms with Crippen molar-refractivity contribution in [2.45, 2.75) is 58.6 Å². The standard InChI is InChI=1S/C11H25O2PS2/c1-5-7-8-11(6-2)9-13-14(12,15)16-10(3)4/h10-11H,5-9H2,1-4H3,(H,12,15). The van der Waals surface area contributed by atoms with E-state index in [-0.39, 0.29) is 0 Å². The van der Waals surface area contributed by atoms with Gasteiger partial charge in [-0.1, -0.05) is 58.3 Å². The van der Waals surface area contributed by atoms with E-state index in [1.54, 1.807) is 0 Å². The Bertz CT molecular complexity index is 222. The molecule has 2 unspecified atom stereocenters. The molecular weight excluding hydrogens is 259 g/mol. The molecule has 98 valence electrons. The Kier molecular flexibility index (Phi) is 9.44. The second-order valence-corrected chi connectivity index (χ2v) is 11.0. The Morgan fingerprint density at radius 2 is 2.00 bits per heavy atom. The molecule has 0 aromatic carbocycles. The van der Waals surface area contributed by atoms with E-state index in [0.717, 1.165) is 6.42 Å². The van der Waals surface area contributed by atoms with E-state index >= 15 is 0 Å². The first-order valence-corrected chi connectivity index (χ1v) is 10.2. The van der Waals surface area contributed by atoms with Gasteiger partial charge in [0, 0.05) is 5.25 Å². The summed E-state index contributed by atoms with van der Waals surface area (Å²) in [4.78, 5) is 9.92. The van der Waals surface area contributed by atoms with Gasteiger partial charge in [-0.3, -0.25) is 0 Å². The van der Waals surface area contributed by atoms with E-state index in [2.05, 4.69) is 13.8 Å². The minimum atomic E-state index is -2.60. The van der Waals surface area contributed by atoms with Gasteiger partial charge in [-0.05, 0) is 24.1 Å². The van der Waals surface area contributed by atoms with Crippen LogP contribution in [-0.2, 0) is 16.3 Å². The van der Waals surface area contributed by atoms with Gasteiger partial charge in [0.15, 0.2) is 0 Å². The van der Waals surface area contributed by atoms with Crippen LogP contribution in [0.1, 0.15) is 53.4 Å². The summed E-state index contributed by atoms with van der Waals surface area (Å²) < 4.78 is 5.53. The SMILES string of the molecule is CCCCC(CC)COP(O)(=S)SC(C)C. The maximum atomic E-state index is 9.92. The highest BCUT2D eigenvalue weighted by atomic mass is 32.9. The molecule has 0 aliphatic carbocycles. The van der Waals surface area contributed by atoms with E-state index in [0.29, 0.717) is 17.8 Å². The van der Waals surface area contributed by atoms with Gasteiger partial charge in [0.05, 0.1) is 6.61 Å². The fourth-order valence-electron chi connectivity index (χ4n) is 1.39. The molecule has 2 nitrogen and oxygen atoms in total. The van der Waals surface area contributed by atoms with Crippen molar-refractivity contribution in [3.05, 3.63) is 0 Å². The molecule has 0 saturated carbocycles. The molecule has 0 spiro atoms. The normalized spacial score (nSPS) is 17.4. The summed E-state index contributed by atoms with van der Waals surface area (Å²) in [5, 5.41) is 0.326. The molecule has 0 aliphatic rings. The predicted octanol–water partition coefficient (Wildman–Crippen LogP) is 4.58. The minimum Gasteiger partial charge on any atom is -0.337 e. The van der Waals surface area contributed by atoms with Gasteiger partial charge < -0.3 is 9.42 Å². The molecule has 0 fully saturated rings. The average Bonchev–Trinajstić information content (AvgIpc) is 2.16. The smallest absolute Gasteiger partial charge is 0.244 e. The zero-order valence-corrected chi connectivity index (χ0v) is 13.3. The summed E-state index contributed by atoms with van der Waals surface area (Å²) in [6, 6.07) is 0. The van der Waals surface area contributed by atoms with E-state index in [9.17, 15) is 4.89 Å². The van der Waals surface area contributed by atoms with Gasteiger partial charge in [-0.15, -0.1) is 0 Å². The van der Waals surface area contributed by atoms with Crippen molar-refractivity contribution in [3.8, 4) is 0 Å². The van der Waals surface area contributed by atoms with Gasteiger partial charge in [-0.25, -0.2) is 0 Å². The Morgan fingerprint density at radius 1 is 1.38 bits per heavy atom. The van der Waals surface area contributed by atoms with Crippen LogP contribution in [0.15, 0.2) is 0 Å². The van der Waals surface area contributed by atoms with Gasteiger partial charge >= 0.3 is 0 Å². The zero-order chi connectivity index (χ0) is 12.6. The average molecular weight is 284 g/mol. The lowest BCUT2D eigenvalue weighted by Gasteiger charge is -2.21. The fourth-order valence-corrected chi connectivity index (χ4v) is 6.08. The molecule has 0 amide bonds. The van der Waals surface area contributed by atoms with E-state index in [4.69, 9.17) is 16.3 Å². The third-order valence-corrected chi connectivity index (χ3v) is 7.00. The van der Waals surface area contributed by atoms with Crippen molar-refractivity contribution in [2.75, 3.05) is 6.61 Å². The van der Waals surface area contributed by atoms with Crippen molar-refractivity contribution < 1.29 is 9.42 Å². The summed E-state index contributed by atoms with van der Waals surface area (Å²) in [6.07, 6.45) is 4.72. The lowest BCUT2D eigenvalue weighted by atomic mass is 10.0. The Balaban J connectivity index is 3.94. The molecule has 0 radical (unpaired) electrons. The van der Waals surface area contributed by atoms with Crippen LogP contribution in [0.25, 0.3) is 0 Å². The van der Waals surface area contributed by atoms with Crippen molar-refractivity contribution >= 4 is 28.9 Å². The van der Waals surface area contributed by atoms with Crippen molar-refractivity contribution in [1.29, 1.82) is 0 Å². The molecule has 0 aliphatic heterocycles. The van der Waals surface area contributed by atoms with Gasteiger partial charge in [0.25, 0.3) is 0 Å². The minimum absolute atomic E-state index is 0.326. The Hall–Kier alpha value is 0.920. The predicted molar refractivity (Wildman–Crippen MR) is 78.5 cm³/mol. The molecule has 16 heavy (non-hydrogen) atoms. The Morgan fingerprint density at radius 3 is 2.44 bits per heavy atom. The summed E-state index contributed by atoms with van der Waals surface area (Å²) in [6.45, 7) is 9.03. The molecule has 0 aromatic heterocycles. The molecule has 0 rings (SSSR count). The van der Waals surface area contributed by atoms with E-state index < -0.39 is 5.69 Å². The quantitative estimate of drug-likeness (QED) is 0.628. The second kappa shape index (κ2) is 8.93. The highest BCUT2D eigenvalue weighted by Crippen LogP contribution is 2.58. The maximum Gasteiger partial charge on any atom is 0.244 e. The van der Waals surface area contributed by atoms with Gasteiger partial charge in [0.2, 0.25) is 5.69 Å². The molecule has 0 heterocycles. The number of hydrogen-bond acceptors (Lipinski definition) is 3. The molecule has 0 bridgehead atoms. The van der Waals surface area contributed by atoms with Crippen molar-refractivity contribution in [1.82, 2.24) is 0 Å². The monoisotopic (exact) mass is 284 g/mol. The summed E-state index contributed by atoms with van der Waals surface area (Å²) >= 11 is 6.50. The highest BCUT2D eigenvalue weighted by Gasteiger charge is 2.18. The number of unbranched alkanes of at least 4 members (excludes halogenated alkanes) is 1. The number of rotatable bonds is 9.